The number of rotatable bonds is 2. The summed E-state index contributed by atoms with van der Waals surface area (Å²) in [4.78, 5) is 6.08. The van der Waals surface area contributed by atoms with Crippen molar-refractivity contribution in [2.75, 3.05) is 20.1 Å². The van der Waals surface area contributed by atoms with E-state index in [1.165, 1.54) is 17.2 Å². The molecule has 3 aliphatic heterocycles. The maximum atomic E-state index is 13.3. The second kappa shape index (κ2) is 7.89. The number of fused-ring (bicyclic) bond motifs is 8. The van der Waals surface area contributed by atoms with E-state index < -0.39 is 19.6 Å². The first-order valence-corrected chi connectivity index (χ1v) is 11.1. The lowest BCUT2D eigenvalue weighted by Crippen LogP contribution is -2.32. The lowest BCUT2D eigenvalue weighted by atomic mass is 9.98. The molecule has 1 N–H and O–H groups in total. The molecule has 6 rings (SSSR count). The summed E-state index contributed by atoms with van der Waals surface area (Å²) in [7, 11) is 0. The number of halogens is 2. The van der Waals surface area contributed by atoms with Crippen molar-refractivity contribution < 1.29 is 17.6 Å². The molecule has 0 saturated carbocycles. The fraction of sp³-hybridized carbons (Fsp3) is 0.346. The molecule has 2 aromatic carbocycles. The number of alkyl halides is 2. The van der Waals surface area contributed by atoms with Crippen molar-refractivity contribution in [2.45, 2.75) is 31.9 Å². The summed E-state index contributed by atoms with van der Waals surface area (Å²) in [5.74, 6) is 7.59. The van der Waals surface area contributed by atoms with E-state index in [1.54, 1.807) is 12.1 Å². The highest BCUT2D eigenvalue weighted by Crippen LogP contribution is 2.40. The Bertz CT molecular complexity index is 1530. The number of imidazole rings is 1. The van der Waals surface area contributed by atoms with E-state index in [-0.39, 0.29) is 5.75 Å². The summed E-state index contributed by atoms with van der Waals surface area (Å²) in [6.45, 7) is -3.52. The Labute approximate surface area is 194 Å². The van der Waals surface area contributed by atoms with Crippen molar-refractivity contribution in [1.29, 1.82) is 0 Å². The predicted molar refractivity (Wildman–Crippen MR) is 123 cm³/mol. The minimum Gasteiger partial charge on any atom is -0.434 e. The van der Waals surface area contributed by atoms with Crippen LogP contribution in [0.1, 0.15) is 40.8 Å². The Morgan fingerprint density at radius 1 is 1.24 bits per heavy atom. The van der Waals surface area contributed by atoms with Crippen molar-refractivity contribution in [1.82, 2.24) is 19.8 Å². The highest BCUT2D eigenvalue weighted by atomic mass is 19.3. The van der Waals surface area contributed by atoms with Crippen LogP contribution >= 0.6 is 0 Å². The van der Waals surface area contributed by atoms with Gasteiger partial charge in [0.25, 0.3) is 0 Å². The minimum absolute atomic E-state index is 0.0106. The molecular formula is C26H24F2N4O. The Kier molecular flexibility index (Phi) is 4.10. The normalized spacial score (nSPS) is 21.3. The molecule has 3 aromatic rings. The first-order valence-electron chi connectivity index (χ1n) is 12.6. The zero-order valence-electron chi connectivity index (χ0n) is 20.8. The van der Waals surface area contributed by atoms with Gasteiger partial charge in [-0.2, -0.15) is 8.78 Å². The van der Waals surface area contributed by atoms with Gasteiger partial charge in [-0.15, -0.1) is 0 Å². The molecule has 3 aliphatic rings. The van der Waals surface area contributed by atoms with Gasteiger partial charge in [0.15, 0.2) is 0 Å². The number of hydrogen-bond donors (Lipinski definition) is 1. The van der Waals surface area contributed by atoms with Gasteiger partial charge in [0.2, 0.25) is 0 Å². The monoisotopic (exact) mass is 449 g/mol. The zero-order valence-corrected chi connectivity index (χ0v) is 17.8. The SMILES string of the molecule is [2H]C([2H])([2H])N1C=c2cccc(OC(F)F)c2=C2C[C@@H]1c1nc3ccc(C#CC4CCNCC4)cc3n12. The van der Waals surface area contributed by atoms with Crippen LogP contribution in [0.5, 0.6) is 5.75 Å². The van der Waals surface area contributed by atoms with E-state index in [0.717, 1.165) is 37.0 Å². The lowest BCUT2D eigenvalue weighted by Gasteiger charge is -2.20. The molecule has 33 heavy (non-hydrogen) atoms. The molecule has 0 amide bonds. The zero-order chi connectivity index (χ0) is 25.0. The standard InChI is InChI=1S/C26H24F2N4O/c1-31-15-18-3-2-4-23(33-26(27)28)24(18)21-14-22(31)25-30-19-8-7-17(13-20(19)32(21)25)6-5-16-9-11-29-12-10-16/h2-4,7-8,13,15-16,22,26,29H,9-12,14H2,1H3/t22-/m1/s1/i1D3. The molecule has 0 aliphatic carbocycles. The molecule has 7 heteroatoms. The quantitative estimate of drug-likeness (QED) is 0.611. The molecule has 0 spiro atoms. The Balaban J connectivity index is 1.58. The van der Waals surface area contributed by atoms with Crippen LogP contribution in [-0.2, 0) is 0 Å². The third kappa shape index (κ3) is 3.46. The van der Waals surface area contributed by atoms with Crippen LogP contribution in [0.15, 0.2) is 36.4 Å². The molecular weight excluding hydrogens is 422 g/mol. The number of benzene rings is 2. The Morgan fingerprint density at radius 3 is 2.94 bits per heavy atom. The molecule has 1 aromatic heterocycles. The van der Waals surface area contributed by atoms with Crippen LogP contribution in [0.25, 0.3) is 22.9 Å². The van der Waals surface area contributed by atoms with Crippen molar-refractivity contribution in [3.63, 3.8) is 0 Å². The van der Waals surface area contributed by atoms with Crippen molar-refractivity contribution >= 4 is 22.9 Å². The van der Waals surface area contributed by atoms with E-state index in [2.05, 4.69) is 17.2 Å². The number of nitrogens with zero attached hydrogens (tertiary/aromatic N) is 3. The predicted octanol–water partition coefficient (Wildman–Crippen LogP) is 2.77. The number of nitrogens with one attached hydrogen (secondary N) is 1. The summed E-state index contributed by atoms with van der Waals surface area (Å²) in [6.07, 6.45) is 3.84. The lowest BCUT2D eigenvalue weighted by molar-refractivity contribution is -0.0505. The molecule has 2 bridgehead atoms. The highest BCUT2D eigenvalue weighted by Gasteiger charge is 2.35. The van der Waals surface area contributed by atoms with Crippen LogP contribution in [-0.4, -0.2) is 41.1 Å². The molecule has 1 saturated heterocycles. The second-order valence-electron chi connectivity index (χ2n) is 8.60. The molecule has 5 nitrogen and oxygen atoms in total. The molecule has 4 heterocycles. The summed E-state index contributed by atoms with van der Waals surface area (Å²) in [6, 6.07) is 9.96. The highest BCUT2D eigenvalue weighted by molar-refractivity contribution is 5.83. The second-order valence-corrected chi connectivity index (χ2v) is 8.60. The fourth-order valence-corrected chi connectivity index (χ4v) is 5.03. The van der Waals surface area contributed by atoms with Gasteiger partial charge in [0, 0.05) is 51.3 Å². The van der Waals surface area contributed by atoms with Gasteiger partial charge in [0.05, 0.1) is 17.1 Å². The number of ether oxygens (including phenoxy) is 1. The van der Waals surface area contributed by atoms with E-state index >= 15 is 0 Å². The molecule has 168 valence electrons. The average Bonchev–Trinajstić information content (AvgIpc) is 3.31. The van der Waals surface area contributed by atoms with Gasteiger partial charge < -0.3 is 15.0 Å². The third-order valence-corrected chi connectivity index (χ3v) is 6.57. The van der Waals surface area contributed by atoms with Gasteiger partial charge >= 0.3 is 6.61 Å². The molecule has 1 atom stereocenters. The summed E-state index contributed by atoms with van der Waals surface area (Å²) < 4.78 is 57.8. The van der Waals surface area contributed by atoms with Gasteiger partial charge in [-0.1, -0.05) is 24.0 Å². The number of aromatic nitrogens is 2. The van der Waals surface area contributed by atoms with Crippen molar-refractivity contribution in [2.24, 2.45) is 5.92 Å². The van der Waals surface area contributed by atoms with E-state index in [1.807, 2.05) is 22.8 Å². The van der Waals surface area contributed by atoms with E-state index in [0.29, 0.717) is 39.8 Å². The Morgan fingerprint density at radius 2 is 2.12 bits per heavy atom. The fourth-order valence-electron chi connectivity index (χ4n) is 5.03. The molecule has 0 radical (unpaired) electrons. The van der Waals surface area contributed by atoms with E-state index in [9.17, 15) is 8.78 Å². The van der Waals surface area contributed by atoms with Gasteiger partial charge in [-0.25, -0.2) is 4.98 Å². The van der Waals surface area contributed by atoms with E-state index in [4.69, 9.17) is 13.8 Å². The largest absolute Gasteiger partial charge is 0.434 e. The van der Waals surface area contributed by atoms with Crippen LogP contribution in [0.2, 0.25) is 0 Å². The summed E-state index contributed by atoms with van der Waals surface area (Å²) in [5, 5.41) is 4.31. The van der Waals surface area contributed by atoms with Gasteiger partial charge in [-0.3, -0.25) is 4.57 Å². The molecule has 1 fully saturated rings. The van der Waals surface area contributed by atoms with Crippen LogP contribution < -0.4 is 20.5 Å². The van der Waals surface area contributed by atoms with Crippen LogP contribution in [0, 0.1) is 17.8 Å². The van der Waals surface area contributed by atoms with Crippen LogP contribution in [0.4, 0.5) is 8.78 Å². The maximum Gasteiger partial charge on any atom is 0.387 e. The first kappa shape index (κ1) is 17.2. The van der Waals surface area contributed by atoms with Crippen LogP contribution in [0.3, 0.4) is 0 Å². The van der Waals surface area contributed by atoms with Gasteiger partial charge in [0.1, 0.15) is 11.6 Å². The Hall–Kier alpha value is -3.37. The summed E-state index contributed by atoms with van der Waals surface area (Å²) in [5.41, 5.74) is 2.99. The smallest absolute Gasteiger partial charge is 0.387 e. The third-order valence-electron chi connectivity index (χ3n) is 6.57. The topological polar surface area (TPSA) is 42.3 Å². The van der Waals surface area contributed by atoms with Crippen molar-refractivity contribution in [3.05, 3.63) is 58.2 Å². The molecule has 0 unspecified atom stereocenters. The number of hydrogen-bond acceptors (Lipinski definition) is 4. The average molecular weight is 450 g/mol. The first-order chi connectivity index (χ1) is 17.3. The maximum absolute atomic E-state index is 13.3. The number of piperidine rings is 1. The van der Waals surface area contributed by atoms with Gasteiger partial charge in [-0.05, 0) is 50.2 Å². The summed E-state index contributed by atoms with van der Waals surface area (Å²) >= 11 is 0. The van der Waals surface area contributed by atoms with Crippen molar-refractivity contribution in [3.8, 4) is 17.6 Å². The minimum atomic E-state index is -3.01.